The maximum absolute atomic E-state index is 13.2. The van der Waals surface area contributed by atoms with Crippen molar-refractivity contribution in [3.8, 4) is 0 Å². The quantitative estimate of drug-likeness (QED) is 0.739. The van der Waals surface area contributed by atoms with Crippen LogP contribution in [-0.2, 0) is 7.05 Å². The van der Waals surface area contributed by atoms with Crippen LogP contribution in [-0.4, -0.2) is 22.6 Å². The summed E-state index contributed by atoms with van der Waals surface area (Å²) in [6, 6.07) is 4.26. The summed E-state index contributed by atoms with van der Waals surface area (Å²) in [5.41, 5.74) is 5.71. The first kappa shape index (κ1) is 22.0. The maximum atomic E-state index is 13.2. The summed E-state index contributed by atoms with van der Waals surface area (Å²) < 4.78 is 1.68. The number of nitrogens with one attached hydrogen (secondary N) is 1. The van der Waals surface area contributed by atoms with E-state index in [2.05, 4.69) is 70.8 Å². The SMILES string of the molecule is Cc1cc(C)c(Nc2c(C)nc(N(CC(C)C)CC(C)C)n(C)c2=O)c(C)c1. The second-order valence-electron chi connectivity index (χ2n) is 8.83. The second-order valence-corrected chi connectivity index (χ2v) is 8.83. The number of anilines is 3. The van der Waals surface area contributed by atoms with Crippen molar-refractivity contribution < 1.29 is 0 Å². The van der Waals surface area contributed by atoms with Gasteiger partial charge in [0, 0.05) is 25.8 Å². The molecule has 0 aliphatic heterocycles. The van der Waals surface area contributed by atoms with Crippen molar-refractivity contribution in [2.75, 3.05) is 23.3 Å². The molecular weight excluding hydrogens is 348 g/mol. The first-order chi connectivity index (χ1) is 13.0. The van der Waals surface area contributed by atoms with Crippen LogP contribution in [0.15, 0.2) is 16.9 Å². The van der Waals surface area contributed by atoms with Gasteiger partial charge in [0.05, 0.1) is 5.69 Å². The van der Waals surface area contributed by atoms with Crippen molar-refractivity contribution in [3.05, 3.63) is 44.9 Å². The number of rotatable bonds is 7. The predicted octanol–water partition coefficient (Wildman–Crippen LogP) is 4.88. The minimum Gasteiger partial charge on any atom is -0.349 e. The third-order valence-corrected chi connectivity index (χ3v) is 4.83. The minimum atomic E-state index is -0.0422. The van der Waals surface area contributed by atoms with Crippen molar-refractivity contribution in [1.82, 2.24) is 9.55 Å². The van der Waals surface area contributed by atoms with E-state index < -0.39 is 0 Å². The summed E-state index contributed by atoms with van der Waals surface area (Å²) in [5, 5.41) is 3.38. The largest absolute Gasteiger partial charge is 0.349 e. The topological polar surface area (TPSA) is 50.2 Å². The van der Waals surface area contributed by atoms with E-state index >= 15 is 0 Å². The molecule has 2 rings (SSSR count). The van der Waals surface area contributed by atoms with Gasteiger partial charge in [-0.1, -0.05) is 45.4 Å². The van der Waals surface area contributed by atoms with Gasteiger partial charge in [-0.25, -0.2) is 4.98 Å². The molecule has 1 heterocycles. The normalized spacial score (nSPS) is 11.4. The van der Waals surface area contributed by atoms with Crippen LogP contribution < -0.4 is 15.8 Å². The van der Waals surface area contributed by atoms with Crippen LogP contribution >= 0.6 is 0 Å². The second kappa shape index (κ2) is 8.80. The van der Waals surface area contributed by atoms with Crippen LogP contribution in [0.25, 0.3) is 0 Å². The van der Waals surface area contributed by atoms with E-state index in [1.807, 2.05) is 14.0 Å². The van der Waals surface area contributed by atoms with Gasteiger partial charge in [-0.2, -0.15) is 0 Å². The summed E-state index contributed by atoms with van der Waals surface area (Å²) in [4.78, 5) is 20.3. The molecule has 0 atom stereocenters. The van der Waals surface area contributed by atoms with Crippen molar-refractivity contribution in [1.29, 1.82) is 0 Å². The van der Waals surface area contributed by atoms with Crippen LogP contribution in [0.1, 0.15) is 50.1 Å². The van der Waals surface area contributed by atoms with Crippen molar-refractivity contribution in [2.45, 2.75) is 55.4 Å². The van der Waals surface area contributed by atoms with E-state index in [0.717, 1.165) is 41.5 Å². The molecule has 0 saturated carbocycles. The summed E-state index contributed by atoms with van der Waals surface area (Å²) in [6.07, 6.45) is 0. The Morgan fingerprint density at radius 1 is 0.964 bits per heavy atom. The Kier molecular flexibility index (Phi) is 6.91. The van der Waals surface area contributed by atoms with Crippen LogP contribution in [0.3, 0.4) is 0 Å². The van der Waals surface area contributed by atoms with Gasteiger partial charge >= 0.3 is 0 Å². The molecule has 0 aliphatic carbocycles. The average molecular weight is 385 g/mol. The molecule has 0 amide bonds. The Labute approximate surface area is 169 Å². The summed E-state index contributed by atoms with van der Waals surface area (Å²) in [6.45, 7) is 18.6. The van der Waals surface area contributed by atoms with Crippen molar-refractivity contribution >= 4 is 17.3 Å². The van der Waals surface area contributed by atoms with Gasteiger partial charge in [0.1, 0.15) is 5.69 Å². The number of nitrogens with zero attached hydrogens (tertiary/aromatic N) is 3. The molecule has 154 valence electrons. The van der Waals surface area contributed by atoms with Gasteiger partial charge in [0.2, 0.25) is 5.95 Å². The molecule has 1 aromatic carbocycles. The lowest BCUT2D eigenvalue weighted by Crippen LogP contribution is -2.37. The minimum absolute atomic E-state index is 0.0422. The van der Waals surface area contributed by atoms with E-state index in [0.29, 0.717) is 17.5 Å². The van der Waals surface area contributed by atoms with Gasteiger partial charge in [0.15, 0.2) is 0 Å². The third kappa shape index (κ3) is 4.94. The zero-order valence-corrected chi connectivity index (χ0v) is 19.0. The van der Waals surface area contributed by atoms with E-state index in [9.17, 15) is 4.79 Å². The van der Waals surface area contributed by atoms with E-state index in [1.54, 1.807) is 4.57 Å². The number of benzene rings is 1. The Balaban J connectivity index is 2.51. The number of hydrogen-bond donors (Lipinski definition) is 1. The van der Waals surface area contributed by atoms with Gasteiger partial charge < -0.3 is 10.2 Å². The predicted molar refractivity (Wildman–Crippen MR) is 120 cm³/mol. The average Bonchev–Trinajstić information content (AvgIpc) is 2.55. The highest BCUT2D eigenvalue weighted by Crippen LogP contribution is 2.26. The highest BCUT2D eigenvalue weighted by molar-refractivity contribution is 5.68. The monoisotopic (exact) mass is 384 g/mol. The maximum Gasteiger partial charge on any atom is 0.278 e. The molecule has 0 radical (unpaired) electrons. The molecule has 0 spiro atoms. The lowest BCUT2D eigenvalue weighted by atomic mass is 10.0. The molecule has 0 fully saturated rings. The smallest absolute Gasteiger partial charge is 0.278 e. The molecule has 0 bridgehead atoms. The van der Waals surface area contributed by atoms with Gasteiger partial charge in [-0.3, -0.25) is 9.36 Å². The highest BCUT2D eigenvalue weighted by Gasteiger charge is 2.19. The van der Waals surface area contributed by atoms with Gasteiger partial charge in [0.25, 0.3) is 5.56 Å². The first-order valence-corrected chi connectivity index (χ1v) is 10.2. The molecule has 5 nitrogen and oxygen atoms in total. The standard InChI is InChI=1S/C23H36N4O/c1-14(2)12-27(13-15(3)4)23-24-19(8)21(22(28)26(23)9)25-20-17(6)10-16(5)11-18(20)7/h10-11,14-15,25H,12-13H2,1-9H3. The summed E-state index contributed by atoms with van der Waals surface area (Å²) in [5.74, 6) is 1.73. The van der Waals surface area contributed by atoms with Crippen LogP contribution in [0, 0.1) is 39.5 Å². The molecular formula is C23H36N4O. The van der Waals surface area contributed by atoms with E-state index in [1.165, 1.54) is 5.56 Å². The molecule has 2 aromatic rings. The molecule has 0 unspecified atom stereocenters. The van der Waals surface area contributed by atoms with Crippen LogP contribution in [0.2, 0.25) is 0 Å². The molecule has 28 heavy (non-hydrogen) atoms. The van der Waals surface area contributed by atoms with Crippen molar-refractivity contribution in [2.24, 2.45) is 18.9 Å². The highest BCUT2D eigenvalue weighted by atomic mass is 16.1. The molecule has 5 heteroatoms. The summed E-state index contributed by atoms with van der Waals surface area (Å²) in [7, 11) is 1.82. The fourth-order valence-corrected chi connectivity index (χ4v) is 3.74. The number of hydrogen-bond acceptors (Lipinski definition) is 4. The Morgan fingerprint density at radius 3 is 1.93 bits per heavy atom. The van der Waals surface area contributed by atoms with Crippen molar-refractivity contribution in [3.63, 3.8) is 0 Å². The number of aryl methyl sites for hydroxylation is 4. The molecule has 0 aliphatic rings. The van der Waals surface area contributed by atoms with Gasteiger partial charge in [-0.05, 0) is 50.7 Å². The third-order valence-electron chi connectivity index (χ3n) is 4.83. The van der Waals surface area contributed by atoms with E-state index in [4.69, 9.17) is 4.98 Å². The van der Waals surface area contributed by atoms with E-state index in [-0.39, 0.29) is 5.56 Å². The van der Waals surface area contributed by atoms with Gasteiger partial charge in [-0.15, -0.1) is 0 Å². The van der Waals surface area contributed by atoms with Crippen LogP contribution in [0.4, 0.5) is 17.3 Å². The summed E-state index contributed by atoms with van der Waals surface area (Å²) >= 11 is 0. The Bertz CT molecular complexity index is 863. The molecule has 1 aromatic heterocycles. The lowest BCUT2D eigenvalue weighted by Gasteiger charge is -2.29. The fourth-order valence-electron chi connectivity index (χ4n) is 3.74. The Hall–Kier alpha value is -2.30. The first-order valence-electron chi connectivity index (χ1n) is 10.2. The lowest BCUT2D eigenvalue weighted by molar-refractivity contribution is 0.534. The fraction of sp³-hybridized carbons (Fsp3) is 0.565. The Morgan fingerprint density at radius 2 is 1.46 bits per heavy atom. The zero-order valence-electron chi connectivity index (χ0n) is 19.0. The van der Waals surface area contributed by atoms with Crippen LogP contribution in [0.5, 0.6) is 0 Å². The molecule has 1 N–H and O–H groups in total. The number of aromatic nitrogens is 2. The zero-order chi connectivity index (χ0) is 21.2. The molecule has 0 saturated heterocycles.